The fourth-order valence-electron chi connectivity index (χ4n) is 4.40. The second-order valence-corrected chi connectivity index (χ2v) is 11.3. The summed E-state index contributed by atoms with van der Waals surface area (Å²) in [7, 11) is 0. The highest BCUT2D eigenvalue weighted by atomic mass is 32.2. The lowest BCUT2D eigenvalue weighted by Gasteiger charge is -2.21. The molecule has 0 saturated heterocycles. The van der Waals surface area contributed by atoms with Crippen LogP contribution in [0.5, 0.6) is 11.6 Å². The number of hydrogen-bond acceptors (Lipinski definition) is 6. The molecule has 1 aliphatic rings. The van der Waals surface area contributed by atoms with Crippen LogP contribution in [0.25, 0.3) is 11.1 Å². The molecule has 4 rings (SSSR count). The number of thioether (sulfide) groups is 2. The summed E-state index contributed by atoms with van der Waals surface area (Å²) in [5.74, 6) is 3.19. The van der Waals surface area contributed by atoms with Gasteiger partial charge in [0.05, 0.1) is 6.61 Å². The van der Waals surface area contributed by atoms with E-state index in [2.05, 4.69) is 69.3 Å². The first-order valence-corrected chi connectivity index (χ1v) is 14.9. The highest BCUT2D eigenvalue weighted by Gasteiger charge is 2.18. The van der Waals surface area contributed by atoms with Crippen molar-refractivity contribution in [2.45, 2.75) is 59.0 Å². The average molecular weight is 540 g/mol. The SMILES string of the molecule is CC(=O)O.CSCCCOc1c(C)c(C)c(-c2cccc(COc3cc4c(cn3)CCS4)c2)c(C)c1C. The molecule has 198 valence electrons. The van der Waals surface area contributed by atoms with Gasteiger partial charge >= 0.3 is 0 Å². The van der Waals surface area contributed by atoms with Crippen LogP contribution in [0, 0.1) is 27.7 Å². The Morgan fingerprint density at radius 1 is 1.08 bits per heavy atom. The number of benzene rings is 2. The van der Waals surface area contributed by atoms with Gasteiger partial charge in [0.25, 0.3) is 5.97 Å². The Morgan fingerprint density at radius 2 is 1.78 bits per heavy atom. The largest absolute Gasteiger partial charge is 0.493 e. The number of carbonyl (C=O) groups is 1. The minimum Gasteiger partial charge on any atom is -0.493 e. The van der Waals surface area contributed by atoms with Gasteiger partial charge in [0.2, 0.25) is 5.88 Å². The van der Waals surface area contributed by atoms with Gasteiger partial charge in [-0.2, -0.15) is 11.8 Å². The number of fused-ring (bicyclic) bond motifs is 1. The average Bonchev–Trinajstić information content (AvgIpc) is 3.34. The van der Waals surface area contributed by atoms with Gasteiger partial charge in [0, 0.05) is 29.8 Å². The number of hydrogen-bond donors (Lipinski definition) is 1. The van der Waals surface area contributed by atoms with E-state index in [1.54, 1.807) is 0 Å². The summed E-state index contributed by atoms with van der Waals surface area (Å²) in [6.45, 7) is 11.1. The Morgan fingerprint density at radius 3 is 2.46 bits per heavy atom. The molecule has 0 unspecified atom stereocenters. The zero-order valence-corrected chi connectivity index (χ0v) is 24.3. The number of aliphatic carboxylic acids is 1. The normalized spacial score (nSPS) is 11.9. The topological polar surface area (TPSA) is 68.7 Å². The van der Waals surface area contributed by atoms with E-state index in [4.69, 9.17) is 19.4 Å². The van der Waals surface area contributed by atoms with Crippen molar-refractivity contribution < 1.29 is 19.4 Å². The van der Waals surface area contributed by atoms with Crippen molar-refractivity contribution in [1.82, 2.24) is 4.98 Å². The van der Waals surface area contributed by atoms with Crippen molar-refractivity contribution in [3.8, 4) is 22.8 Å². The summed E-state index contributed by atoms with van der Waals surface area (Å²) in [6.07, 6.45) is 6.28. The smallest absolute Gasteiger partial charge is 0.300 e. The van der Waals surface area contributed by atoms with Crippen LogP contribution in [0.15, 0.2) is 41.4 Å². The Kier molecular flexibility index (Phi) is 10.8. The lowest BCUT2D eigenvalue weighted by Crippen LogP contribution is -2.06. The molecule has 2 heterocycles. The number of rotatable bonds is 9. The number of aryl methyl sites for hydroxylation is 1. The van der Waals surface area contributed by atoms with Gasteiger partial charge in [-0.05, 0) is 103 Å². The quantitative estimate of drug-likeness (QED) is 0.284. The zero-order chi connectivity index (χ0) is 26.9. The minimum atomic E-state index is -0.833. The van der Waals surface area contributed by atoms with Crippen molar-refractivity contribution in [1.29, 1.82) is 0 Å². The molecule has 0 radical (unpaired) electrons. The van der Waals surface area contributed by atoms with Gasteiger partial charge in [-0.1, -0.05) is 18.2 Å². The first-order valence-electron chi connectivity index (χ1n) is 12.5. The van der Waals surface area contributed by atoms with E-state index in [1.807, 2.05) is 29.7 Å². The van der Waals surface area contributed by atoms with Crippen molar-refractivity contribution >= 4 is 29.5 Å². The molecular weight excluding hydrogens is 502 g/mol. The molecule has 1 N–H and O–H groups in total. The maximum absolute atomic E-state index is 9.00. The second-order valence-electron chi connectivity index (χ2n) is 9.14. The Bertz CT molecular complexity index is 1210. The van der Waals surface area contributed by atoms with Crippen molar-refractivity contribution in [2.24, 2.45) is 0 Å². The van der Waals surface area contributed by atoms with Crippen LogP contribution in [0.4, 0.5) is 0 Å². The predicted octanol–water partition coefficient (Wildman–Crippen LogP) is 7.43. The van der Waals surface area contributed by atoms with Crippen LogP contribution >= 0.6 is 23.5 Å². The van der Waals surface area contributed by atoms with Crippen LogP contribution in [0.3, 0.4) is 0 Å². The molecule has 0 fully saturated rings. The van der Waals surface area contributed by atoms with E-state index < -0.39 is 5.97 Å². The molecule has 0 spiro atoms. The zero-order valence-electron chi connectivity index (χ0n) is 22.6. The molecule has 37 heavy (non-hydrogen) atoms. The van der Waals surface area contributed by atoms with Crippen LogP contribution in [0.1, 0.15) is 46.7 Å². The second kappa shape index (κ2) is 13.8. The number of aromatic nitrogens is 1. The molecule has 7 heteroatoms. The molecule has 5 nitrogen and oxygen atoms in total. The third-order valence-corrected chi connectivity index (χ3v) is 8.24. The first kappa shape index (κ1) is 28.9. The van der Waals surface area contributed by atoms with E-state index in [0.717, 1.165) is 49.2 Å². The van der Waals surface area contributed by atoms with Crippen molar-refractivity contribution in [2.75, 3.05) is 24.4 Å². The third kappa shape index (κ3) is 7.68. The lowest BCUT2D eigenvalue weighted by molar-refractivity contribution is -0.134. The molecule has 0 saturated carbocycles. The first-order chi connectivity index (χ1) is 17.7. The fraction of sp³-hybridized carbons (Fsp3) is 0.400. The molecule has 0 bridgehead atoms. The van der Waals surface area contributed by atoms with E-state index >= 15 is 0 Å². The van der Waals surface area contributed by atoms with Crippen LogP contribution in [-0.2, 0) is 17.8 Å². The summed E-state index contributed by atoms with van der Waals surface area (Å²) in [5, 5.41) is 7.42. The van der Waals surface area contributed by atoms with E-state index in [0.29, 0.717) is 12.5 Å². The molecule has 3 aromatic rings. The predicted molar refractivity (Wildman–Crippen MR) is 156 cm³/mol. The highest BCUT2D eigenvalue weighted by molar-refractivity contribution is 7.99. The van der Waals surface area contributed by atoms with Crippen LogP contribution in [0.2, 0.25) is 0 Å². The van der Waals surface area contributed by atoms with Crippen molar-refractivity contribution in [3.05, 3.63) is 69.9 Å². The summed E-state index contributed by atoms with van der Waals surface area (Å²) in [4.78, 5) is 14.8. The Hall–Kier alpha value is -2.64. The molecule has 1 aliphatic heterocycles. The molecule has 0 aliphatic carbocycles. The summed E-state index contributed by atoms with van der Waals surface area (Å²) < 4.78 is 12.3. The van der Waals surface area contributed by atoms with Gasteiger partial charge in [-0.3, -0.25) is 4.79 Å². The third-order valence-electron chi connectivity index (χ3n) is 6.45. The van der Waals surface area contributed by atoms with Gasteiger partial charge in [-0.15, -0.1) is 11.8 Å². The van der Waals surface area contributed by atoms with Crippen molar-refractivity contribution in [3.63, 3.8) is 0 Å². The number of carboxylic acids is 1. The van der Waals surface area contributed by atoms with Crippen LogP contribution in [-0.4, -0.2) is 40.4 Å². The number of pyridine rings is 1. The Labute approximate surface area is 229 Å². The maximum Gasteiger partial charge on any atom is 0.300 e. The monoisotopic (exact) mass is 539 g/mol. The summed E-state index contributed by atoms with van der Waals surface area (Å²) in [6, 6.07) is 10.8. The summed E-state index contributed by atoms with van der Waals surface area (Å²) in [5.41, 5.74) is 10.1. The van der Waals surface area contributed by atoms with Gasteiger partial charge < -0.3 is 14.6 Å². The van der Waals surface area contributed by atoms with Gasteiger partial charge in [0.1, 0.15) is 12.4 Å². The van der Waals surface area contributed by atoms with E-state index in [9.17, 15) is 0 Å². The van der Waals surface area contributed by atoms with E-state index in [-0.39, 0.29) is 0 Å². The maximum atomic E-state index is 9.00. The molecular formula is C30H37NO4S2. The Balaban J connectivity index is 0.000000886. The molecule has 2 aromatic carbocycles. The number of ether oxygens (including phenoxy) is 2. The highest BCUT2D eigenvalue weighted by Crippen LogP contribution is 2.39. The fourth-order valence-corrected chi connectivity index (χ4v) is 5.87. The standard InChI is InChI=1S/C28H33NO2S2.C2H4O2/c1-18-20(3)28(30-11-7-12-32-5)21(4)19(2)27(18)23-9-6-8-22(14-23)17-31-26-15-25-24(16-29-26)10-13-33-25;1-2(3)4/h6,8-9,14-16H,7,10-13,17H2,1-5H3;1H3,(H,3,4). The van der Waals surface area contributed by atoms with Gasteiger partial charge in [0.15, 0.2) is 0 Å². The van der Waals surface area contributed by atoms with Gasteiger partial charge in [-0.25, -0.2) is 4.98 Å². The van der Waals surface area contributed by atoms with Crippen LogP contribution < -0.4 is 9.47 Å². The molecule has 1 aromatic heterocycles. The van der Waals surface area contributed by atoms with E-state index in [1.165, 1.54) is 43.8 Å². The minimum absolute atomic E-state index is 0.511. The molecule has 0 amide bonds. The number of nitrogens with zero attached hydrogens (tertiary/aromatic N) is 1. The summed E-state index contributed by atoms with van der Waals surface area (Å²) >= 11 is 3.75. The number of carboxylic acid groups (broad SMARTS) is 1. The lowest BCUT2D eigenvalue weighted by atomic mass is 9.88. The molecule has 0 atom stereocenters.